The van der Waals surface area contributed by atoms with Gasteiger partial charge >= 0.3 is 0 Å². The van der Waals surface area contributed by atoms with Gasteiger partial charge in [0, 0.05) is 18.4 Å². The normalized spacial score (nSPS) is 15.6. The fraction of sp³-hybridized carbons (Fsp3) is 0.800. The monoisotopic (exact) mass is 249 g/mol. The highest BCUT2D eigenvalue weighted by Crippen LogP contribution is 2.42. The van der Waals surface area contributed by atoms with Crippen LogP contribution in [0.5, 0.6) is 0 Å². The Bertz CT molecular complexity index is 387. The molecule has 18 heavy (non-hydrogen) atoms. The average Bonchev–Trinajstić information content (AvgIpc) is 3.16. The van der Waals surface area contributed by atoms with Crippen LogP contribution in [-0.2, 0) is 6.54 Å². The standard InChI is InChI=1S/C15H27N3/c1-4-7-10-18-14(16)13(11(5-2)6-3)17-15(18)12-8-9-12/h11-12H,4-10,16H2,1-3H3. The lowest BCUT2D eigenvalue weighted by molar-refractivity contribution is 0.609. The number of imidazole rings is 1. The first kappa shape index (κ1) is 13.4. The first-order chi connectivity index (χ1) is 8.72. The Morgan fingerprint density at radius 1 is 1.28 bits per heavy atom. The maximum absolute atomic E-state index is 6.36. The van der Waals surface area contributed by atoms with Crippen molar-refractivity contribution in [3.05, 3.63) is 11.5 Å². The van der Waals surface area contributed by atoms with E-state index in [0.717, 1.165) is 30.9 Å². The summed E-state index contributed by atoms with van der Waals surface area (Å²) in [6.07, 6.45) is 7.27. The lowest BCUT2D eigenvalue weighted by Gasteiger charge is -2.11. The molecule has 0 aliphatic heterocycles. The molecule has 3 heteroatoms. The van der Waals surface area contributed by atoms with Crippen molar-refractivity contribution in [1.29, 1.82) is 0 Å². The van der Waals surface area contributed by atoms with Gasteiger partial charge in [0.15, 0.2) is 0 Å². The number of hydrogen-bond donors (Lipinski definition) is 1. The van der Waals surface area contributed by atoms with Gasteiger partial charge in [-0.15, -0.1) is 0 Å². The largest absolute Gasteiger partial charge is 0.384 e. The summed E-state index contributed by atoms with van der Waals surface area (Å²) in [6.45, 7) is 7.73. The van der Waals surface area contributed by atoms with Crippen LogP contribution in [0.3, 0.4) is 0 Å². The van der Waals surface area contributed by atoms with Crippen molar-refractivity contribution >= 4 is 5.82 Å². The molecular weight excluding hydrogens is 222 g/mol. The van der Waals surface area contributed by atoms with Gasteiger partial charge in [0.05, 0.1) is 5.69 Å². The van der Waals surface area contributed by atoms with E-state index >= 15 is 0 Å². The Morgan fingerprint density at radius 3 is 2.44 bits per heavy atom. The Labute approximate surface area is 111 Å². The minimum atomic E-state index is 0.533. The third-order valence-electron chi connectivity index (χ3n) is 4.11. The molecule has 3 nitrogen and oxygen atoms in total. The Hall–Kier alpha value is -0.990. The second-order valence-corrected chi connectivity index (χ2v) is 5.53. The molecule has 1 aromatic heterocycles. The summed E-state index contributed by atoms with van der Waals surface area (Å²) >= 11 is 0. The van der Waals surface area contributed by atoms with Gasteiger partial charge in [-0.05, 0) is 32.1 Å². The fourth-order valence-corrected chi connectivity index (χ4v) is 2.68. The van der Waals surface area contributed by atoms with Crippen LogP contribution in [0.25, 0.3) is 0 Å². The summed E-state index contributed by atoms with van der Waals surface area (Å²) in [7, 11) is 0. The van der Waals surface area contributed by atoms with Crippen LogP contribution in [0.2, 0.25) is 0 Å². The molecule has 0 bridgehead atoms. The molecule has 0 amide bonds. The summed E-state index contributed by atoms with van der Waals surface area (Å²) in [4.78, 5) is 4.90. The maximum atomic E-state index is 6.36. The third kappa shape index (κ3) is 2.55. The van der Waals surface area contributed by atoms with Gasteiger partial charge in [-0.2, -0.15) is 0 Å². The van der Waals surface area contributed by atoms with Gasteiger partial charge in [-0.25, -0.2) is 4.98 Å². The van der Waals surface area contributed by atoms with Crippen molar-refractivity contribution in [1.82, 2.24) is 9.55 Å². The predicted molar refractivity (Wildman–Crippen MR) is 76.8 cm³/mol. The van der Waals surface area contributed by atoms with Gasteiger partial charge < -0.3 is 10.3 Å². The van der Waals surface area contributed by atoms with E-state index in [1.807, 2.05) is 0 Å². The summed E-state index contributed by atoms with van der Waals surface area (Å²) < 4.78 is 2.30. The molecule has 1 aliphatic rings. The summed E-state index contributed by atoms with van der Waals surface area (Å²) in [6, 6.07) is 0. The molecular formula is C15H27N3. The predicted octanol–water partition coefficient (Wildman–Crippen LogP) is 4.05. The lowest BCUT2D eigenvalue weighted by atomic mass is 9.99. The molecule has 0 unspecified atom stereocenters. The number of anilines is 1. The Morgan fingerprint density at radius 2 is 1.94 bits per heavy atom. The third-order valence-corrected chi connectivity index (χ3v) is 4.11. The molecule has 0 atom stereocenters. The first-order valence-electron chi connectivity index (χ1n) is 7.58. The molecule has 102 valence electrons. The van der Waals surface area contributed by atoms with Crippen molar-refractivity contribution in [3.63, 3.8) is 0 Å². The molecule has 2 N–H and O–H groups in total. The highest BCUT2D eigenvalue weighted by atomic mass is 15.2. The second-order valence-electron chi connectivity index (χ2n) is 5.53. The quantitative estimate of drug-likeness (QED) is 0.792. The number of nitrogen functional groups attached to an aromatic ring is 1. The molecule has 0 spiro atoms. The molecule has 1 saturated carbocycles. The van der Waals surface area contributed by atoms with Gasteiger partial charge in [0.2, 0.25) is 0 Å². The number of unbranched alkanes of at least 4 members (excludes halogenated alkanes) is 1. The SMILES string of the molecule is CCCCn1c(C2CC2)nc(C(CC)CC)c1N. The highest BCUT2D eigenvalue weighted by Gasteiger charge is 2.31. The van der Waals surface area contributed by atoms with E-state index in [-0.39, 0.29) is 0 Å². The molecule has 1 aliphatic carbocycles. The Kier molecular flexibility index (Phi) is 4.31. The Balaban J connectivity index is 2.30. The van der Waals surface area contributed by atoms with Crippen LogP contribution in [-0.4, -0.2) is 9.55 Å². The molecule has 0 radical (unpaired) electrons. The second kappa shape index (κ2) is 5.77. The van der Waals surface area contributed by atoms with Crippen LogP contribution in [0.4, 0.5) is 5.82 Å². The van der Waals surface area contributed by atoms with Gasteiger partial charge in [-0.1, -0.05) is 27.2 Å². The van der Waals surface area contributed by atoms with E-state index in [0.29, 0.717) is 11.8 Å². The number of nitrogens with two attached hydrogens (primary N) is 1. The smallest absolute Gasteiger partial charge is 0.127 e. The highest BCUT2D eigenvalue weighted by molar-refractivity contribution is 5.42. The van der Waals surface area contributed by atoms with Gasteiger partial charge in [0.1, 0.15) is 11.6 Å². The molecule has 2 rings (SSSR count). The van der Waals surface area contributed by atoms with Crippen LogP contribution in [0.15, 0.2) is 0 Å². The molecule has 1 heterocycles. The van der Waals surface area contributed by atoms with Gasteiger partial charge in [-0.3, -0.25) is 0 Å². The van der Waals surface area contributed by atoms with Crippen LogP contribution >= 0.6 is 0 Å². The average molecular weight is 249 g/mol. The minimum absolute atomic E-state index is 0.533. The zero-order chi connectivity index (χ0) is 13.1. The van der Waals surface area contributed by atoms with Crippen LogP contribution < -0.4 is 5.73 Å². The van der Waals surface area contributed by atoms with E-state index in [2.05, 4.69) is 25.3 Å². The molecule has 0 aromatic carbocycles. The topological polar surface area (TPSA) is 43.8 Å². The number of rotatable bonds is 7. The molecule has 0 saturated heterocycles. The summed E-state index contributed by atoms with van der Waals surface area (Å²) in [5.41, 5.74) is 7.53. The van der Waals surface area contributed by atoms with Crippen molar-refractivity contribution in [2.24, 2.45) is 0 Å². The van der Waals surface area contributed by atoms with Crippen molar-refractivity contribution in [3.8, 4) is 0 Å². The molecule has 1 aromatic rings. The zero-order valence-corrected chi connectivity index (χ0v) is 12.1. The van der Waals surface area contributed by atoms with E-state index in [1.165, 1.54) is 31.5 Å². The van der Waals surface area contributed by atoms with Crippen LogP contribution in [0, 0.1) is 0 Å². The van der Waals surface area contributed by atoms with E-state index in [9.17, 15) is 0 Å². The number of aromatic nitrogens is 2. The number of hydrogen-bond acceptors (Lipinski definition) is 2. The van der Waals surface area contributed by atoms with Gasteiger partial charge in [0.25, 0.3) is 0 Å². The first-order valence-corrected chi connectivity index (χ1v) is 7.58. The van der Waals surface area contributed by atoms with E-state index in [1.54, 1.807) is 0 Å². The minimum Gasteiger partial charge on any atom is -0.384 e. The fourth-order valence-electron chi connectivity index (χ4n) is 2.68. The number of nitrogens with zero attached hydrogens (tertiary/aromatic N) is 2. The van der Waals surface area contributed by atoms with E-state index in [4.69, 9.17) is 10.7 Å². The summed E-state index contributed by atoms with van der Waals surface area (Å²) in [5.74, 6) is 3.43. The van der Waals surface area contributed by atoms with E-state index < -0.39 is 0 Å². The van der Waals surface area contributed by atoms with Crippen LogP contribution in [0.1, 0.15) is 82.7 Å². The van der Waals surface area contributed by atoms with Crippen molar-refractivity contribution in [2.45, 2.75) is 77.7 Å². The zero-order valence-electron chi connectivity index (χ0n) is 12.1. The lowest BCUT2D eigenvalue weighted by Crippen LogP contribution is -2.08. The maximum Gasteiger partial charge on any atom is 0.127 e. The summed E-state index contributed by atoms with van der Waals surface area (Å²) in [5, 5.41) is 0. The van der Waals surface area contributed by atoms with Crippen molar-refractivity contribution < 1.29 is 0 Å². The molecule has 1 fully saturated rings. The van der Waals surface area contributed by atoms with Crippen molar-refractivity contribution in [2.75, 3.05) is 5.73 Å².